The molecule has 0 aliphatic carbocycles. The maximum Gasteiger partial charge on any atom is 0.472 e. The van der Waals surface area contributed by atoms with E-state index in [1.165, 1.54) is 23.2 Å². The average Bonchev–Trinajstić information content (AvgIpc) is 3.98. The van der Waals surface area contributed by atoms with E-state index in [0.717, 1.165) is 10.9 Å². The van der Waals surface area contributed by atoms with Crippen molar-refractivity contribution >= 4 is 62.3 Å². The van der Waals surface area contributed by atoms with Crippen molar-refractivity contribution in [3.05, 3.63) is 75.7 Å². The fourth-order valence-electron chi connectivity index (χ4n) is 7.09. The molecule has 0 spiro atoms. The van der Waals surface area contributed by atoms with E-state index in [4.69, 9.17) is 49.7 Å². The van der Waals surface area contributed by atoms with Crippen molar-refractivity contribution in [2.75, 3.05) is 31.2 Å². The number of phosphoric ester groups is 2. The number of fused-ring (bicyclic) bond motifs is 1. The molecule has 2 saturated heterocycles. The SMILES string of the molecule is CC(C)(C)OC(=O)N[C@@H](CCCCNC(=O)OCc1ccc(N=[N+]=[N-])cc1)C(=O)O[C@@H]1C(COP(=O)(O)O[C@H]2CC(n3ccc(N)nc3=O)O[C@@H]2COP(=O)(O)O)O[C@@H](n2cnc3c(N)ncnc32)[C@@H]1O. The lowest BCUT2D eigenvalue weighted by atomic mass is 10.1. The first-order valence-electron chi connectivity index (χ1n) is 21.4. The highest BCUT2D eigenvalue weighted by molar-refractivity contribution is 7.47. The summed E-state index contributed by atoms with van der Waals surface area (Å²) in [6.07, 6.45) is -9.11. The van der Waals surface area contributed by atoms with Crippen molar-refractivity contribution in [1.82, 2.24) is 39.7 Å². The maximum absolute atomic E-state index is 14.1. The van der Waals surface area contributed by atoms with Gasteiger partial charge >= 0.3 is 39.5 Å². The lowest BCUT2D eigenvalue weighted by molar-refractivity contribution is -0.159. The van der Waals surface area contributed by atoms with Gasteiger partial charge in [0.2, 0.25) is 0 Å². The normalized spacial score (nSPS) is 22.5. The zero-order valence-corrected chi connectivity index (χ0v) is 39.8. The van der Waals surface area contributed by atoms with E-state index in [9.17, 15) is 48.1 Å². The minimum atomic E-state index is -5.29. The highest BCUT2D eigenvalue weighted by atomic mass is 31.2. The fraction of sp³-hybridized carbons (Fsp3) is 0.526. The molecule has 2 aliphatic rings. The number of imidazole rings is 1. The number of carbonyl (C=O) groups is 3. The van der Waals surface area contributed by atoms with Gasteiger partial charge in [0.25, 0.3) is 0 Å². The van der Waals surface area contributed by atoms with Gasteiger partial charge in [0.05, 0.1) is 19.5 Å². The first-order valence-corrected chi connectivity index (χ1v) is 24.4. The maximum atomic E-state index is 14.1. The van der Waals surface area contributed by atoms with Gasteiger partial charge in [-0.15, -0.1) is 0 Å². The van der Waals surface area contributed by atoms with Crippen LogP contribution >= 0.6 is 15.6 Å². The van der Waals surface area contributed by atoms with E-state index < -0.39 is 107 Å². The smallest absolute Gasteiger partial charge is 0.455 e. The van der Waals surface area contributed by atoms with Gasteiger partial charge < -0.3 is 65.6 Å². The summed E-state index contributed by atoms with van der Waals surface area (Å²) in [5.74, 6) is -1.27. The number of anilines is 2. The van der Waals surface area contributed by atoms with E-state index in [0.29, 0.717) is 11.3 Å². The Bertz CT molecular complexity index is 2730. The fourth-order valence-corrected chi connectivity index (χ4v) is 8.39. The van der Waals surface area contributed by atoms with E-state index in [2.05, 4.69) is 45.1 Å². The molecule has 4 aromatic rings. The number of nitrogens with zero attached hydrogens (tertiary/aromatic N) is 9. The van der Waals surface area contributed by atoms with Crippen molar-refractivity contribution in [2.45, 2.75) is 108 Å². The third kappa shape index (κ3) is 15.3. The van der Waals surface area contributed by atoms with Crippen molar-refractivity contribution in [2.24, 2.45) is 5.11 Å². The summed E-state index contributed by atoms with van der Waals surface area (Å²) < 4.78 is 70.9. The van der Waals surface area contributed by atoms with Gasteiger partial charge in [0.1, 0.15) is 66.6 Å². The number of nitrogen functional groups attached to an aromatic ring is 2. The molecule has 3 aromatic heterocycles. The monoisotopic (exact) mass is 1040 g/mol. The summed E-state index contributed by atoms with van der Waals surface area (Å²) in [6, 6.07) is 6.16. The van der Waals surface area contributed by atoms with Crippen LogP contribution in [0.5, 0.6) is 0 Å². The summed E-state index contributed by atoms with van der Waals surface area (Å²) in [5.41, 5.74) is 19.4. The van der Waals surface area contributed by atoms with Gasteiger partial charge in [-0.1, -0.05) is 29.4 Å². The summed E-state index contributed by atoms with van der Waals surface area (Å²) >= 11 is 0. The van der Waals surface area contributed by atoms with Crippen molar-refractivity contribution < 1.29 is 80.6 Å². The summed E-state index contributed by atoms with van der Waals surface area (Å²) in [6.45, 7) is 2.95. The predicted molar refractivity (Wildman–Crippen MR) is 240 cm³/mol. The standard InChI is InChI=1S/C38H51N13O18P2/c1-38(2,3)68-37(56)46-22(6-4-5-12-42-36(55)62-15-20-7-9-21(10-8-20)48-49-41)34(53)67-30-25(66-33(29(30)52)51-19-45-28-31(40)43-18-44-32(28)51)17-64-71(60,61)69-23-14-27(50-13-11-26(39)47-35(50)54)65-24(23)16-63-70(57,58)59/h7-11,13,18-19,22-25,27,29-30,33,52H,4-6,12,14-17H2,1-3H3,(H,42,55)(H,46,56)(H,60,61)(H2,39,47,54)(H2,40,43,44)(H2,57,58,59)/t22-,23-,24+,25?,27?,29+,30+,33+/m0/s1. The Morgan fingerprint density at radius 1 is 1.00 bits per heavy atom. The van der Waals surface area contributed by atoms with Crippen LogP contribution in [0.2, 0.25) is 0 Å². The second kappa shape index (κ2) is 23.3. The molecule has 0 radical (unpaired) electrons. The Morgan fingerprint density at radius 3 is 2.42 bits per heavy atom. The van der Waals surface area contributed by atoms with Gasteiger partial charge in [-0.25, -0.2) is 43.3 Å². The number of nitrogens with two attached hydrogens (primary N) is 2. The number of rotatable bonds is 21. The largest absolute Gasteiger partial charge is 0.472 e. The zero-order chi connectivity index (χ0) is 51.7. The van der Waals surface area contributed by atoms with Gasteiger partial charge in [0.15, 0.2) is 23.8 Å². The Balaban J connectivity index is 1.15. The molecule has 2 aliphatic heterocycles. The first-order chi connectivity index (χ1) is 33.5. The molecule has 71 heavy (non-hydrogen) atoms. The van der Waals surface area contributed by atoms with Gasteiger partial charge in [-0.2, -0.15) is 4.98 Å². The van der Waals surface area contributed by atoms with Crippen molar-refractivity contribution in [1.29, 1.82) is 0 Å². The van der Waals surface area contributed by atoms with Crippen molar-refractivity contribution in [3.63, 3.8) is 0 Å². The molecule has 1 aromatic carbocycles. The number of azide groups is 1. The van der Waals surface area contributed by atoms with Crippen LogP contribution in [0, 0.1) is 0 Å². The molecule has 31 nitrogen and oxygen atoms in total. The number of phosphoric acid groups is 2. The molecule has 2 fully saturated rings. The van der Waals surface area contributed by atoms with Crippen LogP contribution in [-0.4, -0.2) is 129 Å². The van der Waals surface area contributed by atoms with Crippen molar-refractivity contribution in [3.8, 4) is 0 Å². The highest BCUT2D eigenvalue weighted by Crippen LogP contribution is 2.50. The van der Waals surface area contributed by atoms with Crippen LogP contribution in [0.1, 0.15) is 64.5 Å². The Morgan fingerprint density at radius 2 is 1.73 bits per heavy atom. The van der Waals surface area contributed by atoms with Crippen LogP contribution in [-0.2, 0) is 57.8 Å². The van der Waals surface area contributed by atoms with Crippen LogP contribution < -0.4 is 27.8 Å². The minimum Gasteiger partial charge on any atom is -0.455 e. The zero-order valence-electron chi connectivity index (χ0n) is 38.0. The number of unbranched alkanes of at least 4 members (excludes halogenated alkanes) is 1. The topological polar surface area (TPSA) is 443 Å². The number of hydrogen-bond acceptors (Lipinski definition) is 22. The highest BCUT2D eigenvalue weighted by Gasteiger charge is 2.50. The number of aromatic nitrogens is 6. The molecule has 10 N–H and O–H groups in total. The number of hydrogen-bond donors (Lipinski definition) is 8. The van der Waals surface area contributed by atoms with E-state index in [-0.39, 0.29) is 61.6 Å². The lowest BCUT2D eigenvalue weighted by Gasteiger charge is -2.26. The van der Waals surface area contributed by atoms with Gasteiger partial charge in [-0.3, -0.25) is 22.7 Å². The second-order valence-corrected chi connectivity index (χ2v) is 19.3. The predicted octanol–water partition coefficient (Wildman–Crippen LogP) is 2.25. The molecule has 33 heteroatoms. The van der Waals surface area contributed by atoms with Crippen LogP contribution in [0.15, 0.2) is 59.1 Å². The Labute approximate surface area is 401 Å². The Hall–Kier alpha value is -6.33. The quantitative estimate of drug-likeness (QED) is 0.0113. The number of benzene rings is 1. The number of alkyl carbamates (subject to hydrolysis) is 2. The number of esters is 1. The molecule has 0 bridgehead atoms. The number of amides is 2. The number of carbonyl (C=O) groups excluding carboxylic acids is 3. The lowest BCUT2D eigenvalue weighted by Crippen LogP contribution is -2.47. The van der Waals surface area contributed by atoms with E-state index in [1.54, 1.807) is 45.0 Å². The van der Waals surface area contributed by atoms with Crippen LogP contribution in [0.3, 0.4) is 0 Å². The summed E-state index contributed by atoms with van der Waals surface area (Å²) in [4.78, 5) is 100. The molecular formula is C38H51N13O18P2. The number of aliphatic hydroxyl groups excluding tert-OH is 1. The molecule has 386 valence electrons. The molecular weight excluding hydrogens is 988 g/mol. The molecule has 0 saturated carbocycles. The van der Waals surface area contributed by atoms with Crippen LogP contribution in [0.25, 0.3) is 21.6 Å². The number of aliphatic hydroxyl groups is 1. The van der Waals surface area contributed by atoms with Crippen LogP contribution in [0.4, 0.5) is 26.9 Å². The average molecular weight is 1040 g/mol. The molecule has 6 rings (SSSR count). The third-order valence-electron chi connectivity index (χ3n) is 10.3. The first kappa shape index (κ1) is 54.0. The van der Waals surface area contributed by atoms with E-state index in [1.807, 2.05) is 0 Å². The minimum absolute atomic E-state index is 0.0269. The third-order valence-corrected chi connectivity index (χ3v) is 11.8. The molecule has 9 atom stereocenters. The second-order valence-electron chi connectivity index (χ2n) is 16.7. The molecule has 2 amide bonds. The summed E-state index contributed by atoms with van der Waals surface area (Å²) in [7, 11) is -10.4. The summed E-state index contributed by atoms with van der Waals surface area (Å²) in [5, 5.41) is 20.3. The van der Waals surface area contributed by atoms with Gasteiger partial charge in [0, 0.05) is 29.8 Å². The van der Waals surface area contributed by atoms with E-state index >= 15 is 0 Å². The molecule has 3 unspecified atom stereocenters. The number of nitrogens with one attached hydrogen (secondary N) is 2. The Kier molecular flexibility index (Phi) is 17.7. The number of ether oxygens (including phenoxy) is 5. The van der Waals surface area contributed by atoms with Gasteiger partial charge in [-0.05, 0) is 57.2 Å². The molecule has 5 heterocycles.